The van der Waals surface area contributed by atoms with E-state index in [4.69, 9.17) is 14.6 Å². The van der Waals surface area contributed by atoms with Crippen LogP contribution in [0.15, 0.2) is 12.3 Å². The first-order valence-electron chi connectivity index (χ1n) is 5.77. The highest BCUT2D eigenvalue weighted by Gasteiger charge is 2.16. The number of pyridine rings is 1. The summed E-state index contributed by atoms with van der Waals surface area (Å²) in [6.45, 7) is 3.70. The van der Waals surface area contributed by atoms with E-state index in [9.17, 15) is 4.79 Å². The van der Waals surface area contributed by atoms with E-state index >= 15 is 0 Å². The Kier molecular flexibility index (Phi) is 4.11. The first kappa shape index (κ1) is 12.8. The number of hydrogen-bond donors (Lipinski definition) is 1. The molecule has 1 aromatic heterocycles. The number of aromatic carboxylic acids is 1. The second-order valence-corrected chi connectivity index (χ2v) is 4.09. The number of ether oxygens (including phenoxy) is 2. The summed E-state index contributed by atoms with van der Waals surface area (Å²) >= 11 is 0. The zero-order valence-electron chi connectivity index (χ0n) is 10.3. The van der Waals surface area contributed by atoms with Crippen LogP contribution in [0, 0.1) is 0 Å². The summed E-state index contributed by atoms with van der Waals surface area (Å²) in [5.74, 6) is -0.500. The summed E-state index contributed by atoms with van der Waals surface area (Å²) in [5, 5.41) is 8.96. The summed E-state index contributed by atoms with van der Waals surface area (Å²) in [6, 6.07) is 1.61. The van der Waals surface area contributed by atoms with Crippen LogP contribution in [0.1, 0.15) is 15.9 Å². The smallest absolute Gasteiger partial charge is 0.337 e. The lowest BCUT2D eigenvalue weighted by Crippen LogP contribution is -2.35. The highest BCUT2D eigenvalue weighted by molar-refractivity contribution is 5.87. The SMILES string of the molecule is COc1ncc(C(=O)O)cc1CN1CCOCC1. The van der Waals surface area contributed by atoms with Crippen molar-refractivity contribution in [2.75, 3.05) is 33.4 Å². The number of carboxylic acid groups (broad SMARTS) is 1. The van der Waals surface area contributed by atoms with Crippen molar-refractivity contribution in [1.82, 2.24) is 9.88 Å². The van der Waals surface area contributed by atoms with E-state index in [1.54, 1.807) is 6.07 Å². The number of hydrogen-bond acceptors (Lipinski definition) is 5. The Morgan fingerprint density at radius 3 is 2.89 bits per heavy atom. The molecule has 1 aliphatic heterocycles. The van der Waals surface area contributed by atoms with E-state index in [1.165, 1.54) is 13.3 Å². The van der Waals surface area contributed by atoms with Crippen molar-refractivity contribution in [2.24, 2.45) is 0 Å². The largest absolute Gasteiger partial charge is 0.481 e. The fourth-order valence-corrected chi connectivity index (χ4v) is 1.91. The van der Waals surface area contributed by atoms with E-state index in [0.29, 0.717) is 25.6 Å². The number of carbonyl (C=O) groups is 1. The molecule has 0 spiro atoms. The average molecular weight is 252 g/mol. The molecular weight excluding hydrogens is 236 g/mol. The molecule has 0 amide bonds. The average Bonchev–Trinajstić information content (AvgIpc) is 2.39. The fourth-order valence-electron chi connectivity index (χ4n) is 1.91. The molecule has 0 bridgehead atoms. The maximum Gasteiger partial charge on any atom is 0.337 e. The summed E-state index contributed by atoms with van der Waals surface area (Å²) in [7, 11) is 1.53. The molecule has 0 aromatic carbocycles. The van der Waals surface area contributed by atoms with Gasteiger partial charge in [-0.25, -0.2) is 9.78 Å². The van der Waals surface area contributed by atoms with E-state index in [2.05, 4.69) is 9.88 Å². The first-order chi connectivity index (χ1) is 8.70. The quantitative estimate of drug-likeness (QED) is 0.847. The van der Waals surface area contributed by atoms with Crippen molar-refractivity contribution in [3.8, 4) is 5.88 Å². The maximum atomic E-state index is 10.9. The molecule has 2 rings (SSSR count). The number of nitrogens with zero attached hydrogens (tertiary/aromatic N) is 2. The number of methoxy groups -OCH3 is 1. The Bertz CT molecular complexity index is 430. The summed E-state index contributed by atoms with van der Waals surface area (Å²) in [6.07, 6.45) is 1.31. The van der Waals surface area contributed by atoms with Crippen molar-refractivity contribution in [2.45, 2.75) is 6.54 Å². The Morgan fingerprint density at radius 1 is 1.56 bits per heavy atom. The molecule has 0 radical (unpaired) electrons. The molecule has 0 atom stereocenters. The molecule has 2 heterocycles. The molecule has 6 nitrogen and oxygen atoms in total. The van der Waals surface area contributed by atoms with Crippen LogP contribution < -0.4 is 4.74 Å². The molecular formula is C12H16N2O4. The van der Waals surface area contributed by atoms with Crippen LogP contribution in [0.5, 0.6) is 5.88 Å². The zero-order valence-corrected chi connectivity index (χ0v) is 10.3. The fraction of sp³-hybridized carbons (Fsp3) is 0.500. The van der Waals surface area contributed by atoms with Gasteiger partial charge in [-0.05, 0) is 6.07 Å². The summed E-state index contributed by atoms with van der Waals surface area (Å²) in [5.41, 5.74) is 0.971. The predicted octanol–water partition coefficient (Wildman–Crippen LogP) is 0.621. The van der Waals surface area contributed by atoms with Gasteiger partial charge >= 0.3 is 5.97 Å². The van der Waals surface area contributed by atoms with E-state index in [0.717, 1.165) is 18.7 Å². The van der Waals surface area contributed by atoms with Crippen LogP contribution >= 0.6 is 0 Å². The third-order valence-electron chi connectivity index (χ3n) is 2.86. The van der Waals surface area contributed by atoms with Crippen molar-refractivity contribution in [3.05, 3.63) is 23.4 Å². The van der Waals surface area contributed by atoms with E-state index in [-0.39, 0.29) is 5.56 Å². The van der Waals surface area contributed by atoms with Gasteiger partial charge in [0.15, 0.2) is 0 Å². The van der Waals surface area contributed by atoms with Crippen LogP contribution in [-0.4, -0.2) is 54.4 Å². The lowest BCUT2D eigenvalue weighted by molar-refractivity contribution is 0.0337. The highest BCUT2D eigenvalue weighted by atomic mass is 16.5. The molecule has 6 heteroatoms. The van der Waals surface area contributed by atoms with Gasteiger partial charge in [0, 0.05) is 31.4 Å². The topological polar surface area (TPSA) is 71.9 Å². The highest BCUT2D eigenvalue weighted by Crippen LogP contribution is 2.19. The van der Waals surface area contributed by atoms with Crippen LogP contribution in [0.2, 0.25) is 0 Å². The number of rotatable bonds is 4. The third-order valence-corrected chi connectivity index (χ3v) is 2.86. The lowest BCUT2D eigenvalue weighted by atomic mass is 10.2. The van der Waals surface area contributed by atoms with Crippen LogP contribution in [0.25, 0.3) is 0 Å². The Hall–Kier alpha value is -1.66. The van der Waals surface area contributed by atoms with Crippen molar-refractivity contribution in [1.29, 1.82) is 0 Å². The molecule has 1 aliphatic rings. The van der Waals surface area contributed by atoms with Crippen molar-refractivity contribution >= 4 is 5.97 Å². The molecule has 1 saturated heterocycles. The number of carboxylic acids is 1. The van der Waals surface area contributed by atoms with Gasteiger partial charge in [0.05, 0.1) is 25.9 Å². The minimum absolute atomic E-state index is 0.180. The van der Waals surface area contributed by atoms with E-state index < -0.39 is 5.97 Å². The van der Waals surface area contributed by atoms with Gasteiger partial charge in [0.25, 0.3) is 0 Å². The normalized spacial score (nSPS) is 16.5. The standard InChI is InChI=1S/C12H16N2O4/c1-17-11-10(6-9(7-13-11)12(15)16)8-14-2-4-18-5-3-14/h6-7H,2-5,8H2,1H3,(H,15,16). The van der Waals surface area contributed by atoms with Gasteiger partial charge in [0.2, 0.25) is 5.88 Å². The first-order valence-corrected chi connectivity index (χ1v) is 5.77. The van der Waals surface area contributed by atoms with E-state index in [1.807, 2.05) is 0 Å². The Labute approximate surface area is 105 Å². The van der Waals surface area contributed by atoms with Crippen LogP contribution in [0.3, 0.4) is 0 Å². The molecule has 1 N–H and O–H groups in total. The minimum Gasteiger partial charge on any atom is -0.481 e. The molecule has 1 aromatic rings. The van der Waals surface area contributed by atoms with Gasteiger partial charge in [-0.3, -0.25) is 4.90 Å². The maximum absolute atomic E-state index is 10.9. The van der Waals surface area contributed by atoms with Gasteiger partial charge < -0.3 is 14.6 Å². The zero-order chi connectivity index (χ0) is 13.0. The number of morpholine rings is 1. The van der Waals surface area contributed by atoms with Crippen LogP contribution in [-0.2, 0) is 11.3 Å². The third kappa shape index (κ3) is 2.96. The summed E-state index contributed by atoms with van der Waals surface area (Å²) < 4.78 is 10.4. The molecule has 18 heavy (non-hydrogen) atoms. The molecule has 1 fully saturated rings. The molecule has 0 aliphatic carbocycles. The van der Waals surface area contributed by atoms with Crippen molar-refractivity contribution in [3.63, 3.8) is 0 Å². The Balaban J connectivity index is 2.17. The van der Waals surface area contributed by atoms with Crippen LogP contribution in [0.4, 0.5) is 0 Å². The van der Waals surface area contributed by atoms with Gasteiger partial charge in [-0.15, -0.1) is 0 Å². The molecule has 98 valence electrons. The summed E-state index contributed by atoms with van der Waals surface area (Å²) in [4.78, 5) is 17.1. The van der Waals surface area contributed by atoms with Gasteiger partial charge in [-0.1, -0.05) is 0 Å². The second kappa shape index (κ2) is 5.79. The number of aromatic nitrogens is 1. The predicted molar refractivity (Wildman–Crippen MR) is 63.8 cm³/mol. The molecule has 0 saturated carbocycles. The van der Waals surface area contributed by atoms with Gasteiger partial charge in [-0.2, -0.15) is 0 Å². The monoisotopic (exact) mass is 252 g/mol. The van der Waals surface area contributed by atoms with Gasteiger partial charge in [0.1, 0.15) is 0 Å². The lowest BCUT2D eigenvalue weighted by Gasteiger charge is -2.26. The second-order valence-electron chi connectivity index (χ2n) is 4.09. The minimum atomic E-state index is -0.978. The van der Waals surface area contributed by atoms with Crippen molar-refractivity contribution < 1.29 is 19.4 Å². The Morgan fingerprint density at radius 2 is 2.28 bits per heavy atom. The molecule has 0 unspecified atom stereocenters.